The van der Waals surface area contributed by atoms with Crippen molar-refractivity contribution in [3.63, 3.8) is 0 Å². The van der Waals surface area contributed by atoms with Crippen LogP contribution in [-0.4, -0.2) is 87.3 Å². The number of carbonyl (C=O) groups excluding carboxylic acids is 5. The topological polar surface area (TPSA) is 179 Å². The number of nitrogens with zero attached hydrogens (tertiary/aromatic N) is 4. The molecule has 3 aliphatic rings. The molecule has 6 amide bonds. The number of amides is 6. The summed E-state index contributed by atoms with van der Waals surface area (Å²) in [5, 5.41) is 23.3. The second-order valence-corrected chi connectivity index (χ2v) is 17.4. The van der Waals surface area contributed by atoms with E-state index in [4.69, 9.17) is 0 Å². The van der Waals surface area contributed by atoms with Crippen molar-refractivity contribution in [1.82, 2.24) is 46.5 Å². The molecule has 1 aliphatic heterocycles. The van der Waals surface area contributed by atoms with Crippen molar-refractivity contribution in [3.05, 3.63) is 143 Å². The predicted octanol–water partition coefficient (Wildman–Crippen LogP) is 5.68. The lowest BCUT2D eigenvalue weighted by Crippen LogP contribution is -2.52. The molecule has 4 aromatic carbocycles. The summed E-state index contributed by atoms with van der Waals surface area (Å²) >= 11 is 0. The summed E-state index contributed by atoms with van der Waals surface area (Å²) < 4.78 is 14.8. The van der Waals surface area contributed by atoms with Crippen LogP contribution in [0.1, 0.15) is 84.3 Å². The molecular weight excluding hydrogens is 826 g/mol. The predicted molar refractivity (Wildman–Crippen MR) is 243 cm³/mol. The van der Waals surface area contributed by atoms with E-state index in [0.717, 1.165) is 38.5 Å². The SMILES string of the molecule is CCCCCCNC(=O)[C@H](Cn1cc(-c2ccc(C(=O)N3C[C@@H](C(=O)N[C@H]4C[C@@H]4c4ccccc4)[C@H](C(=O)N[C@H]4C[C@@H]4c4ccccc4)C3)cc2)nn1)NC(=O)NCc1ccc(F)cc1. The van der Waals surface area contributed by atoms with Gasteiger partial charge in [-0.3, -0.25) is 19.2 Å². The number of hydrogen-bond donors (Lipinski definition) is 5. The Labute approximate surface area is 378 Å². The van der Waals surface area contributed by atoms with Gasteiger partial charge in [-0.2, -0.15) is 0 Å². The summed E-state index contributed by atoms with van der Waals surface area (Å²) in [7, 11) is 0. The number of nitrogens with one attached hydrogen (secondary N) is 5. The van der Waals surface area contributed by atoms with Gasteiger partial charge >= 0.3 is 6.03 Å². The van der Waals surface area contributed by atoms with E-state index in [9.17, 15) is 28.4 Å². The first kappa shape index (κ1) is 44.7. The lowest BCUT2D eigenvalue weighted by Gasteiger charge is -2.19. The van der Waals surface area contributed by atoms with E-state index in [1.807, 2.05) is 36.4 Å². The molecule has 2 saturated carbocycles. The lowest BCUT2D eigenvalue weighted by molar-refractivity contribution is -0.133. The van der Waals surface area contributed by atoms with Crippen LogP contribution in [-0.2, 0) is 27.5 Å². The molecule has 14 nitrogen and oxygen atoms in total. The zero-order valence-corrected chi connectivity index (χ0v) is 36.5. The van der Waals surface area contributed by atoms with Crippen molar-refractivity contribution >= 4 is 29.7 Å². The summed E-state index contributed by atoms with van der Waals surface area (Å²) in [5.41, 5.74) is 4.58. The van der Waals surface area contributed by atoms with Gasteiger partial charge < -0.3 is 31.5 Å². The van der Waals surface area contributed by atoms with Crippen molar-refractivity contribution in [2.24, 2.45) is 11.8 Å². The standard InChI is InChI=1S/C50H56FN9O5/c1-2-3-4-11-24-52-48(63)45(56-50(65)53-27-32-16-22-37(51)23-17-32)31-60-30-44(57-58-60)35-18-20-36(21-19-35)49(64)59-28-40(46(61)54-42-25-38(42)33-12-7-5-8-13-33)41(29-59)47(62)55-43-26-39(43)34-14-9-6-10-15-34/h5-10,12-23,30,38-43,45H,2-4,11,24-29,31H2,1H3,(H,52,63)(H,54,61)(H,55,62)(H2,53,56,65)/t38-,39-,40-,41-,42+,43+,45+/m1/s1. The van der Waals surface area contributed by atoms with Gasteiger partial charge in [0.25, 0.3) is 5.91 Å². The van der Waals surface area contributed by atoms with Crippen LogP contribution in [0.3, 0.4) is 0 Å². The number of aromatic nitrogens is 3. The van der Waals surface area contributed by atoms with Gasteiger partial charge in [0.15, 0.2) is 0 Å². The van der Waals surface area contributed by atoms with E-state index in [-0.39, 0.29) is 79.5 Å². The molecule has 1 saturated heterocycles. The molecule has 8 rings (SSSR count). The van der Waals surface area contributed by atoms with E-state index < -0.39 is 23.9 Å². The van der Waals surface area contributed by atoms with Gasteiger partial charge in [-0.25, -0.2) is 13.9 Å². The summed E-state index contributed by atoms with van der Waals surface area (Å²) in [6, 6.07) is 31.2. The molecule has 0 spiro atoms. The third kappa shape index (κ3) is 11.6. The van der Waals surface area contributed by atoms with Crippen LogP contribution in [0, 0.1) is 17.7 Å². The van der Waals surface area contributed by atoms with Gasteiger partial charge in [-0.1, -0.05) is 116 Å². The molecule has 338 valence electrons. The first-order valence-corrected chi connectivity index (χ1v) is 22.7. The van der Waals surface area contributed by atoms with Crippen molar-refractivity contribution in [2.75, 3.05) is 19.6 Å². The Kier molecular flexibility index (Phi) is 14.3. The molecule has 0 unspecified atom stereocenters. The highest BCUT2D eigenvalue weighted by molar-refractivity contribution is 5.97. The smallest absolute Gasteiger partial charge is 0.315 e. The van der Waals surface area contributed by atoms with Crippen LogP contribution in [0.4, 0.5) is 9.18 Å². The van der Waals surface area contributed by atoms with Crippen LogP contribution in [0.2, 0.25) is 0 Å². The number of halogens is 1. The quantitative estimate of drug-likeness (QED) is 0.0663. The first-order chi connectivity index (χ1) is 31.6. The van der Waals surface area contributed by atoms with Crippen LogP contribution >= 0.6 is 0 Å². The Morgan fingerprint density at radius 2 is 1.32 bits per heavy atom. The zero-order valence-electron chi connectivity index (χ0n) is 36.5. The first-order valence-electron chi connectivity index (χ1n) is 22.7. The average molecular weight is 882 g/mol. The maximum atomic E-state index is 14.1. The summed E-state index contributed by atoms with van der Waals surface area (Å²) in [6.45, 7) is 2.93. The summed E-state index contributed by atoms with van der Waals surface area (Å²) in [4.78, 5) is 69.7. The fourth-order valence-electron chi connectivity index (χ4n) is 8.67. The van der Waals surface area contributed by atoms with Gasteiger partial charge in [0, 0.05) is 61.2 Å². The Balaban J connectivity index is 0.904. The minimum Gasteiger partial charge on any atom is -0.354 e. The second-order valence-electron chi connectivity index (χ2n) is 17.4. The van der Waals surface area contributed by atoms with Gasteiger partial charge in [-0.05, 0) is 60.2 Å². The number of carbonyl (C=O) groups is 5. The van der Waals surface area contributed by atoms with Crippen LogP contribution < -0.4 is 26.6 Å². The Morgan fingerprint density at radius 1 is 0.723 bits per heavy atom. The molecule has 7 atom stereocenters. The molecule has 2 aliphatic carbocycles. The average Bonchev–Trinajstić information content (AvgIpc) is 4.16. The van der Waals surface area contributed by atoms with E-state index in [2.05, 4.69) is 68.1 Å². The Hall–Kier alpha value is -6.90. The van der Waals surface area contributed by atoms with E-state index in [1.54, 1.807) is 47.5 Å². The maximum Gasteiger partial charge on any atom is 0.315 e. The fraction of sp³-hybridized carbons (Fsp3) is 0.380. The van der Waals surface area contributed by atoms with Crippen molar-refractivity contribution in [3.8, 4) is 11.3 Å². The minimum atomic E-state index is -0.981. The molecule has 5 aromatic rings. The summed E-state index contributed by atoms with van der Waals surface area (Å²) in [6.07, 6.45) is 7.22. The third-order valence-corrected chi connectivity index (χ3v) is 12.6. The number of unbranched alkanes of at least 4 members (excludes halogenated alkanes) is 3. The van der Waals surface area contributed by atoms with Crippen LogP contribution in [0.25, 0.3) is 11.3 Å². The number of benzene rings is 4. The molecule has 15 heteroatoms. The number of hydrogen-bond acceptors (Lipinski definition) is 7. The monoisotopic (exact) mass is 881 g/mol. The molecular formula is C50H56FN9O5. The zero-order chi connectivity index (χ0) is 45.3. The highest BCUT2D eigenvalue weighted by Crippen LogP contribution is 2.42. The molecule has 0 radical (unpaired) electrons. The molecule has 1 aromatic heterocycles. The fourth-order valence-corrected chi connectivity index (χ4v) is 8.67. The van der Waals surface area contributed by atoms with Crippen molar-refractivity contribution in [1.29, 1.82) is 0 Å². The highest BCUT2D eigenvalue weighted by Gasteiger charge is 2.49. The number of rotatable bonds is 19. The highest BCUT2D eigenvalue weighted by atomic mass is 19.1. The molecule has 0 bridgehead atoms. The largest absolute Gasteiger partial charge is 0.354 e. The van der Waals surface area contributed by atoms with Gasteiger partial charge in [-0.15, -0.1) is 5.10 Å². The number of likely N-dealkylation sites (tertiary alicyclic amines) is 1. The van der Waals surface area contributed by atoms with E-state index >= 15 is 0 Å². The summed E-state index contributed by atoms with van der Waals surface area (Å²) in [5.74, 6) is -2.44. The van der Waals surface area contributed by atoms with Crippen LogP contribution in [0.15, 0.2) is 115 Å². The van der Waals surface area contributed by atoms with E-state index in [1.165, 1.54) is 27.9 Å². The molecule has 5 N–H and O–H groups in total. The van der Waals surface area contributed by atoms with Crippen LogP contribution in [0.5, 0.6) is 0 Å². The van der Waals surface area contributed by atoms with Gasteiger partial charge in [0.05, 0.1) is 24.6 Å². The van der Waals surface area contributed by atoms with Gasteiger partial charge in [0.2, 0.25) is 17.7 Å². The second kappa shape index (κ2) is 20.7. The normalized spacial score (nSPS) is 21.2. The molecule has 3 fully saturated rings. The third-order valence-electron chi connectivity index (χ3n) is 12.6. The minimum absolute atomic E-state index is 0.00586. The van der Waals surface area contributed by atoms with Gasteiger partial charge in [0.1, 0.15) is 17.6 Å². The molecule has 2 heterocycles. The number of urea groups is 1. The molecule has 65 heavy (non-hydrogen) atoms. The van der Waals surface area contributed by atoms with Crippen molar-refractivity contribution < 1.29 is 28.4 Å². The lowest BCUT2D eigenvalue weighted by atomic mass is 9.94. The Morgan fingerprint density at radius 3 is 1.91 bits per heavy atom. The van der Waals surface area contributed by atoms with E-state index in [0.29, 0.717) is 28.9 Å². The van der Waals surface area contributed by atoms with Crippen molar-refractivity contribution in [2.45, 2.75) is 88.5 Å². The Bertz CT molecular complexity index is 2360. The maximum absolute atomic E-state index is 14.1.